The first kappa shape index (κ1) is 46.0. The number of nitrogens with one attached hydrogen (secondary N) is 1. The SMILES string of the molecule is CCCCC/C=C/CC/C=C/CC/C=C/C(O)C(COC1OC(CO)C(O)C(OS(=O)(=O)O)C1O)NC(=O)C(O)CC/C=C\CCCCCC. The van der Waals surface area contributed by atoms with Gasteiger partial charge in [-0.25, -0.2) is 4.18 Å². The molecule has 0 saturated carbocycles. The number of rotatable bonds is 28. The summed E-state index contributed by atoms with van der Waals surface area (Å²) in [5.41, 5.74) is 0. The Bertz CT molecular complexity index is 1110. The van der Waals surface area contributed by atoms with Crippen molar-refractivity contribution in [3.05, 3.63) is 48.6 Å². The zero-order valence-corrected chi connectivity index (χ0v) is 30.6. The average molecular weight is 734 g/mol. The van der Waals surface area contributed by atoms with Crippen LogP contribution in [0.1, 0.15) is 110 Å². The van der Waals surface area contributed by atoms with Gasteiger partial charge in [0, 0.05) is 0 Å². The number of hydrogen-bond donors (Lipinski definition) is 7. The summed E-state index contributed by atoms with van der Waals surface area (Å²) >= 11 is 0. The van der Waals surface area contributed by atoms with Crippen LogP contribution in [0.3, 0.4) is 0 Å². The van der Waals surface area contributed by atoms with Crippen LogP contribution in [0.25, 0.3) is 0 Å². The van der Waals surface area contributed by atoms with E-state index >= 15 is 0 Å². The summed E-state index contributed by atoms with van der Waals surface area (Å²) in [7, 11) is -5.12. The molecule has 1 rings (SSSR count). The number of allylic oxidation sites excluding steroid dienone is 7. The van der Waals surface area contributed by atoms with Crippen LogP contribution in [0.15, 0.2) is 48.6 Å². The number of unbranched alkanes of at least 4 members (excludes halogenated alkanes) is 9. The summed E-state index contributed by atoms with van der Waals surface area (Å²) in [4.78, 5) is 12.9. The van der Waals surface area contributed by atoms with Gasteiger partial charge in [0.2, 0.25) is 5.91 Å². The minimum atomic E-state index is -5.12. The molecule has 1 heterocycles. The van der Waals surface area contributed by atoms with E-state index in [2.05, 4.69) is 47.7 Å². The summed E-state index contributed by atoms with van der Waals surface area (Å²) in [5, 5.41) is 54.5. The predicted octanol–water partition coefficient (Wildman–Crippen LogP) is 3.95. The van der Waals surface area contributed by atoms with Crippen molar-refractivity contribution in [3.63, 3.8) is 0 Å². The van der Waals surface area contributed by atoms with Crippen LogP contribution in [-0.2, 0) is 28.9 Å². The van der Waals surface area contributed by atoms with Crippen molar-refractivity contribution in [1.82, 2.24) is 5.32 Å². The quantitative estimate of drug-likeness (QED) is 0.0346. The molecule has 1 aliphatic rings. The fourth-order valence-corrected chi connectivity index (χ4v) is 5.70. The normalized spacial score (nSPS) is 23.7. The molecule has 1 amide bonds. The van der Waals surface area contributed by atoms with Crippen molar-refractivity contribution >= 4 is 16.3 Å². The van der Waals surface area contributed by atoms with Gasteiger partial charge in [0.1, 0.15) is 30.5 Å². The molecule has 13 nitrogen and oxygen atoms in total. The third-order valence-corrected chi connectivity index (χ3v) is 8.64. The summed E-state index contributed by atoms with van der Waals surface area (Å²) < 4.78 is 47.1. The zero-order chi connectivity index (χ0) is 37.2. The molecule has 1 aliphatic heterocycles. The molecule has 0 spiro atoms. The van der Waals surface area contributed by atoms with Crippen LogP contribution in [0.2, 0.25) is 0 Å². The largest absolute Gasteiger partial charge is 0.397 e. The molecule has 50 heavy (non-hydrogen) atoms. The Labute approximate surface area is 299 Å². The third kappa shape index (κ3) is 20.8. The minimum Gasteiger partial charge on any atom is -0.394 e. The Kier molecular flexibility index (Phi) is 25.5. The van der Waals surface area contributed by atoms with E-state index in [0.717, 1.165) is 51.4 Å². The van der Waals surface area contributed by atoms with Crippen molar-refractivity contribution in [1.29, 1.82) is 0 Å². The molecule has 0 aromatic rings. The fourth-order valence-electron chi connectivity index (χ4n) is 5.20. The minimum absolute atomic E-state index is 0.146. The van der Waals surface area contributed by atoms with Gasteiger partial charge in [-0.15, -0.1) is 0 Å². The van der Waals surface area contributed by atoms with E-state index in [0.29, 0.717) is 12.8 Å². The standard InChI is InChI=1S/C36H63NO12S/c1-3-5-7-9-11-13-14-15-16-17-19-20-22-24-29(39)28(37-35(43)30(40)25-23-21-18-12-10-8-6-4-2)27-47-36-33(42)34(49-50(44,45)46)32(41)31(26-38)48-36/h11,13,16-18,21-22,24,28-34,36,38-42H,3-10,12,14-15,19-20,23,25-27H2,1-2H3,(H,37,43)(H,44,45,46)/b13-11+,17-16+,21-18-,24-22+. The van der Waals surface area contributed by atoms with Crippen molar-refractivity contribution in [3.8, 4) is 0 Å². The summed E-state index contributed by atoms with van der Waals surface area (Å²) in [6.45, 7) is 3.02. The number of carbonyl (C=O) groups is 1. The smallest absolute Gasteiger partial charge is 0.394 e. The lowest BCUT2D eigenvalue weighted by atomic mass is 9.99. The summed E-state index contributed by atoms with van der Waals surface area (Å²) in [6, 6.07) is -1.15. The van der Waals surface area contributed by atoms with Gasteiger partial charge in [0.25, 0.3) is 0 Å². The Morgan fingerprint density at radius 3 is 1.92 bits per heavy atom. The second-order valence-electron chi connectivity index (χ2n) is 12.6. The van der Waals surface area contributed by atoms with Crippen molar-refractivity contribution < 1.29 is 57.0 Å². The van der Waals surface area contributed by atoms with Crippen molar-refractivity contribution in [2.24, 2.45) is 0 Å². The second kappa shape index (κ2) is 27.6. The highest BCUT2D eigenvalue weighted by Crippen LogP contribution is 2.26. The first-order valence-corrected chi connectivity index (χ1v) is 19.5. The van der Waals surface area contributed by atoms with Gasteiger partial charge in [-0.05, 0) is 64.2 Å². The molecule has 0 radical (unpaired) electrons. The van der Waals surface area contributed by atoms with Crippen molar-refractivity contribution in [2.45, 2.75) is 159 Å². The maximum atomic E-state index is 12.9. The van der Waals surface area contributed by atoms with Gasteiger partial charge in [-0.2, -0.15) is 8.42 Å². The number of aliphatic hydroxyl groups excluding tert-OH is 5. The number of hydrogen-bond acceptors (Lipinski definition) is 11. The molecule has 0 aromatic carbocycles. The summed E-state index contributed by atoms with van der Waals surface area (Å²) in [5.74, 6) is -0.758. The lowest BCUT2D eigenvalue weighted by Gasteiger charge is -2.41. The van der Waals surface area contributed by atoms with Gasteiger partial charge >= 0.3 is 10.4 Å². The van der Waals surface area contributed by atoms with E-state index in [1.54, 1.807) is 6.08 Å². The van der Waals surface area contributed by atoms with Gasteiger partial charge in [0.05, 0.1) is 25.4 Å². The first-order chi connectivity index (χ1) is 23.9. The summed E-state index contributed by atoms with van der Waals surface area (Å²) in [6.07, 6.45) is 18.2. The Hall–Kier alpha value is -1.98. The van der Waals surface area contributed by atoms with E-state index in [1.165, 1.54) is 31.8 Å². The third-order valence-electron chi connectivity index (χ3n) is 8.18. The average Bonchev–Trinajstić information content (AvgIpc) is 3.08. The molecule has 0 bridgehead atoms. The number of amides is 1. The second-order valence-corrected chi connectivity index (χ2v) is 13.6. The molecule has 7 N–H and O–H groups in total. The molecule has 0 aromatic heterocycles. The number of aliphatic hydroxyl groups is 5. The van der Waals surface area contributed by atoms with Gasteiger partial charge in [-0.3, -0.25) is 9.35 Å². The van der Waals surface area contributed by atoms with E-state index in [-0.39, 0.29) is 6.42 Å². The fraction of sp³-hybridized carbons (Fsp3) is 0.750. The lowest BCUT2D eigenvalue weighted by Crippen LogP contribution is -2.61. The van der Waals surface area contributed by atoms with Gasteiger partial charge < -0.3 is 40.3 Å². The first-order valence-electron chi connectivity index (χ1n) is 18.1. The number of carbonyl (C=O) groups excluding carboxylic acids is 1. The monoisotopic (exact) mass is 733 g/mol. The maximum absolute atomic E-state index is 12.9. The highest BCUT2D eigenvalue weighted by Gasteiger charge is 2.48. The van der Waals surface area contributed by atoms with Crippen LogP contribution in [0, 0.1) is 0 Å². The van der Waals surface area contributed by atoms with Gasteiger partial charge in [0.15, 0.2) is 6.29 Å². The molecule has 8 unspecified atom stereocenters. The Morgan fingerprint density at radius 1 is 0.800 bits per heavy atom. The van der Waals surface area contributed by atoms with Crippen LogP contribution in [-0.4, -0.2) is 107 Å². The lowest BCUT2D eigenvalue weighted by molar-refractivity contribution is -0.298. The predicted molar refractivity (Wildman–Crippen MR) is 191 cm³/mol. The van der Waals surface area contributed by atoms with Crippen LogP contribution in [0.4, 0.5) is 0 Å². The van der Waals surface area contributed by atoms with Crippen molar-refractivity contribution in [2.75, 3.05) is 13.2 Å². The maximum Gasteiger partial charge on any atom is 0.397 e. The van der Waals surface area contributed by atoms with E-state index < -0.39 is 78.5 Å². The van der Waals surface area contributed by atoms with Gasteiger partial charge in [-0.1, -0.05) is 94.6 Å². The molecule has 0 aliphatic carbocycles. The molecule has 8 atom stereocenters. The zero-order valence-electron chi connectivity index (χ0n) is 29.8. The number of ether oxygens (including phenoxy) is 2. The molecular weight excluding hydrogens is 670 g/mol. The highest BCUT2D eigenvalue weighted by atomic mass is 32.3. The van der Waals surface area contributed by atoms with E-state index in [4.69, 9.17) is 14.0 Å². The van der Waals surface area contributed by atoms with E-state index in [9.17, 15) is 38.7 Å². The molecule has 14 heteroatoms. The van der Waals surface area contributed by atoms with Crippen LogP contribution < -0.4 is 5.32 Å². The van der Waals surface area contributed by atoms with Crippen LogP contribution in [0.5, 0.6) is 0 Å². The highest BCUT2D eigenvalue weighted by molar-refractivity contribution is 7.80. The molecular formula is C36H63NO12S. The molecule has 1 fully saturated rings. The Morgan fingerprint density at radius 2 is 1.34 bits per heavy atom. The topological polar surface area (TPSA) is 212 Å². The van der Waals surface area contributed by atoms with E-state index in [1.807, 2.05) is 12.2 Å². The molecule has 290 valence electrons. The Balaban J connectivity index is 2.83. The molecule has 1 saturated heterocycles. The van der Waals surface area contributed by atoms with Crippen LogP contribution >= 0.6 is 0 Å².